The lowest BCUT2D eigenvalue weighted by atomic mass is 10.1. The molecule has 0 aliphatic carbocycles. The Balaban J connectivity index is 2.44. The molecule has 0 N–H and O–H groups in total. The quantitative estimate of drug-likeness (QED) is 0.434. The highest BCUT2D eigenvalue weighted by Gasteiger charge is 2.17. The fraction of sp³-hybridized carbons (Fsp3) is 0.222. The summed E-state index contributed by atoms with van der Waals surface area (Å²) in [5, 5.41) is 0. The van der Waals surface area contributed by atoms with Crippen LogP contribution in [0.4, 0.5) is 4.79 Å². The minimum absolute atomic E-state index is 0.314. The third kappa shape index (κ3) is 1.13. The average Bonchev–Trinajstić information content (AvgIpc) is 2.03. The third-order valence-corrected chi connectivity index (χ3v) is 1.76. The molecule has 0 spiro atoms. The van der Waals surface area contributed by atoms with Crippen molar-refractivity contribution in [1.29, 1.82) is 0 Å². The van der Waals surface area contributed by atoms with Crippen molar-refractivity contribution >= 4 is 6.16 Å². The van der Waals surface area contributed by atoms with Crippen molar-refractivity contribution in [3.63, 3.8) is 0 Å². The van der Waals surface area contributed by atoms with Gasteiger partial charge in [0.2, 0.25) is 0 Å². The molecule has 3 nitrogen and oxygen atoms in total. The van der Waals surface area contributed by atoms with E-state index < -0.39 is 6.16 Å². The Morgan fingerprint density at radius 1 is 1.42 bits per heavy atom. The molecular formula is C9H8O3. The van der Waals surface area contributed by atoms with Gasteiger partial charge >= 0.3 is 6.16 Å². The number of hydrogen-bond donors (Lipinski definition) is 0. The average molecular weight is 164 g/mol. The zero-order valence-corrected chi connectivity index (χ0v) is 6.66. The zero-order chi connectivity index (χ0) is 8.55. The summed E-state index contributed by atoms with van der Waals surface area (Å²) in [5.74, 6) is 0.617. The van der Waals surface area contributed by atoms with Gasteiger partial charge in [-0.25, -0.2) is 4.79 Å². The van der Waals surface area contributed by atoms with Gasteiger partial charge in [0.05, 0.1) is 0 Å². The van der Waals surface area contributed by atoms with Gasteiger partial charge in [-0.3, -0.25) is 0 Å². The van der Waals surface area contributed by atoms with Crippen LogP contribution in [0.25, 0.3) is 0 Å². The van der Waals surface area contributed by atoms with E-state index in [-0.39, 0.29) is 0 Å². The van der Waals surface area contributed by atoms with Crippen LogP contribution >= 0.6 is 0 Å². The van der Waals surface area contributed by atoms with Gasteiger partial charge in [-0.2, -0.15) is 0 Å². The van der Waals surface area contributed by atoms with Crippen LogP contribution in [-0.2, 0) is 11.3 Å². The van der Waals surface area contributed by atoms with E-state index in [0.29, 0.717) is 12.4 Å². The third-order valence-electron chi connectivity index (χ3n) is 1.76. The highest BCUT2D eigenvalue weighted by molar-refractivity contribution is 5.66. The standard InChI is InChI=1S/C9H8O3/c1-6-2-3-7-5-11-9(10)12-8(7)4-6/h2-4H,5H2,1H3. The molecule has 0 unspecified atom stereocenters. The molecular weight excluding hydrogens is 156 g/mol. The summed E-state index contributed by atoms with van der Waals surface area (Å²) in [7, 11) is 0. The largest absolute Gasteiger partial charge is 0.514 e. The molecule has 1 heterocycles. The number of carbonyl (C=O) groups excluding carboxylic acids is 1. The molecule has 2 rings (SSSR count). The smallest absolute Gasteiger partial charge is 0.429 e. The van der Waals surface area contributed by atoms with E-state index in [4.69, 9.17) is 4.74 Å². The topological polar surface area (TPSA) is 35.5 Å². The molecule has 0 saturated heterocycles. The van der Waals surface area contributed by atoms with Crippen molar-refractivity contribution in [1.82, 2.24) is 0 Å². The van der Waals surface area contributed by atoms with Gasteiger partial charge in [-0.15, -0.1) is 0 Å². The Hall–Kier alpha value is -1.51. The molecule has 0 saturated carbocycles. The van der Waals surface area contributed by atoms with Crippen molar-refractivity contribution in [3.8, 4) is 5.75 Å². The second kappa shape index (κ2) is 2.52. The van der Waals surface area contributed by atoms with Crippen LogP contribution in [0.1, 0.15) is 11.1 Å². The number of cyclic esters (lactones) is 1. The van der Waals surface area contributed by atoms with E-state index in [1.165, 1.54) is 0 Å². The summed E-state index contributed by atoms with van der Waals surface area (Å²) in [6, 6.07) is 5.69. The first-order valence-corrected chi connectivity index (χ1v) is 3.70. The minimum Gasteiger partial charge on any atom is -0.429 e. The van der Waals surface area contributed by atoms with Crippen LogP contribution in [0.3, 0.4) is 0 Å². The van der Waals surface area contributed by atoms with Crippen molar-refractivity contribution in [2.45, 2.75) is 13.5 Å². The molecule has 0 bridgehead atoms. The van der Waals surface area contributed by atoms with Crippen molar-refractivity contribution < 1.29 is 14.3 Å². The molecule has 0 fully saturated rings. The van der Waals surface area contributed by atoms with Gasteiger partial charge in [0, 0.05) is 5.56 Å². The molecule has 12 heavy (non-hydrogen) atoms. The van der Waals surface area contributed by atoms with Gasteiger partial charge in [-0.1, -0.05) is 12.1 Å². The van der Waals surface area contributed by atoms with Crippen molar-refractivity contribution in [2.24, 2.45) is 0 Å². The Morgan fingerprint density at radius 2 is 2.25 bits per heavy atom. The molecule has 0 radical (unpaired) electrons. The zero-order valence-electron chi connectivity index (χ0n) is 6.66. The predicted octanol–water partition coefficient (Wildman–Crippen LogP) is 2.02. The Labute approximate surface area is 69.9 Å². The minimum atomic E-state index is -0.617. The van der Waals surface area contributed by atoms with Crippen molar-refractivity contribution in [3.05, 3.63) is 29.3 Å². The van der Waals surface area contributed by atoms with Crippen LogP contribution in [0.15, 0.2) is 18.2 Å². The first-order chi connectivity index (χ1) is 5.75. The molecule has 0 aromatic heterocycles. The highest BCUT2D eigenvalue weighted by Crippen LogP contribution is 2.24. The van der Waals surface area contributed by atoms with Gasteiger partial charge in [0.25, 0.3) is 0 Å². The van der Waals surface area contributed by atoms with Crippen LogP contribution in [-0.4, -0.2) is 6.16 Å². The first-order valence-electron chi connectivity index (χ1n) is 3.70. The Kier molecular flexibility index (Phi) is 1.50. The first kappa shape index (κ1) is 7.16. The van der Waals surface area contributed by atoms with Gasteiger partial charge in [0.1, 0.15) is 12.4 Å². The van der Waals surface area contributed by atoms with Crippen LogP contribution in [0.5, 0.6) is 5.75 Å². The number of benzene rings is 1. The van der Waals surface area contributed by atoms with Crippen molar-refractivity contribution in [2.75, 3.05) is 0 Å². The summed E-state index contributed by atoms with van der Waals surface area (Å²) in [6.07, 6.45) is -0.617. The molecule has 62 valence electrons. The number of carbonyl (C=O) groups is 1. The van der Waals surface area contributed by atoms with E-state index in [0.717, 1.165) is 11.1 Å². The second-order valence-corrected chi connectivity index (χ2v) is 2.75. The molecule has 3 heteroatoms. The van der Waals surface area contributed by atoms with E-state index in [1.54, 1.807) is 0 Å². The SMILES string of the molecule is Cc1ccc2c(c1)OC(=O)OC2. The lowest BCUT2D eigenvalue weighted by molar-refractivity contribution is 0.0785. The molecule has 0 atom stereocenters. The highest BCUT2D eigenvalue weighted by atomic mass is 16.7. The number of ether oxygens (including phenoxy) is 2. The summed E-state index contributed by atoms with van der Waals surface area (Å²) >= 11 is 0. The monoisotopic (exact) mass is 164 g/mol. The number of hydrogen-bond acceptors (Lipinski definition) is 3. The maximum Gasteiger partial charge on any atom is 0.514 e. The summed E-state index contributed by atoms with van der Waals surface area (Å²) in [4.78, 5) is 10.7. The molecule has 1 aliphatic rings. The molecule has 0 amide bonds. The van der Waals surface area contributed by atoms with E-state index in [9.17, 15) is 4.79 Å². The summed E-state index contributed by atoms with van der Waals surface area (Å²) in [6.45, 7) is 2.26. The number of aryl methyl sites for hydroxylation is 1. The maximum absolute atomic E-state index is 10.7. The fourth-order valence-corrected chi connectivity index (χ4v) is 1.13. The molecule has 1 aromatic carbocycles. The lowest BCUT2D eigenvalue weighted by Gasteiger charge is -2.15. The molecule has 1 aliphatic heterocycles. The number of fused-ring (bicyclic) bond motifs is 1. The van der Waals surface area contributed by atoms with E-state index in [1.807, 2.05) is 25.1 Å². The van der Waals surface area contributed by atoms with Gasteiger partial charge in [-0.05, 0) is 18.6 Å². The normalized spacial score (nSPS) is 14.6. The van der Waals surface area contributed by atoms with Gasteiger partial charge < -0.3 is 9.47 Å². The Morgan fingerprint density at radius 3 is 3.08 bits per heavy atom. The maximum atomic E-state index is 10.7. The summed E-state index contributed by atoms with van der Waals surface area (Å²) < 4.78 is 9.53. The van der Waals surface area contributed by atoms with Crippen LogP contribution in [0.2, 0.25) is 0 Å². The second-order valence-electron chi connectivity index (χ2n) is 2.75. The fourth-order valence-electron chi connectivity index (χ4n) is 1.13. The van der Waals surface area contributed by atoms with Crippen LogP contribution < -0.4 is 4.74 Å². The Bertz CT molecular complexity index is 331. The van der Waals surface area contributed by atoms with E-state index >= 15 is 0 Å². The molecule has 1 aromatic rings. The van der Waals surface area contributed by atoms with E-state index in [2.05, 4.69) is 4.74 Å². The van der Waals surface area contributed by atoms with Crippen LogP contribution in [0, 0.1) is 6.92 Å². The lowest BCUT2D eigenvalue weighted by Crippen LogP contribution is -2.17. The predicted molar refractivity (Wildman–Crippen MR) is 42.0 cm³/mol. The summed E-state index contributed by atoms with van der Waals surface area (Å²) in [5.41, 5.74) is 1.99. The van der Waals surface area contributed by atoms with Gasteiger partial charge in [0.15, 0.2) is 0 Å². The number of rotatable bonds is 0.